The van der Waals surface area contributed by atoms with Crippen LogP contribution in [0.4, 0.5) is 0 Å². The molecule has 0 heterocycles. The van der Waals surface area contributed by atoms with Crippen LogP contribution in [0.25, 0.3) is 0 Å². The van der Waals surface area contributed by atoms with E-state index in [0.29, 0.717) is 5.57 Å². The molecule has 0 saturated heterocycles. The van der Waals surface area contributed by atoms with E-state index in [1.54, 1.807) is 6.08 Å². The van der Waals surface area contributed by atoms with Gasteiger partial charge in [0.05, 0.1) is 6.26 Å². The Balaban J connectivity index is 3.05. The second kappa shape index (κ2) is 1.97. The maximum atomic E-state index is 10.9. The van der Waals surface area contributed by atoms with Gasteiger partial charge in [0.2, 0.25) is 0 Å². The van der Waals surface area contributed by atoms with E-state index in [1.807, 2.05) is 13.8 Å². The topological polar surface area (TPSA) is 37.3 Å². The first-order chi connectivity index (χ1) is 4.58. The summed E-state index contributed by atoms with van der Waals surface area (Å²) in [4.78, 5) is 10.9. The summed E-state index contributed by atoms with van der Waals surface area (Å²) >= 11 is 0. The van der Waals surface area contributed by atoms with Crippen molar-refractivity contribution in [3.05, 3.63) is 24.0 Å². The lowest BCUT2D eigenvalue weighted by Crippen LogP contribution is -2.10. The molecule has 2 nitrogen and oxygen atoms in total. The van der Waals surface area contributed by atoms with Crippen molar-refractivity contribution >= 4 is 5.78 Å². The van der Waals surface area contributed by atoms with Crippen molar-refractivity contribution < 1.29 is 9.90 Å². The average molecular weight is 138 g/mol. The molecule has 0 unspecified atom stereocenters. The van der Waals surface area contributed by atoms with E-state index < -0.39 is 0 Å². The smallest absolute Gasteiger partial charge is 0.185 e. The number of hydrogen-bond donors (Lipinski definition) is 1. The predicted octanol–water partition coefficient (Wildman–Crippen LogP) is 1.59. The van der Waals surface area contributed by atoms with Crippen LogP contribution in [-0.2, 0) is 4.79 Å². The van der Waals surface area contributed by atoms with Crippen LogP contribution >= 0.6 is 0 Å². The van der Waals surface area contributed by atoms with E-state index in [-0.39, 0.29) is 11.2 Å². The Morgan fingerprint density at radius 3 is 2.40 bits per heavy atom. The summed E-state index contributed by atoms with van der Waals surface area (Å²) in [6.45, 7) is 3.77. The van der Waals surface area contributed by atoms with E-state index in [4.69, 9.17) is 5.11 Å². The summed E-state index contributed by atoms with van der Waals surface area (Å²) < 4.78 is 0. The minimum absolute atomic E-state index is 0.0903. The van der Waals surface area contributed by atoms with E-state index in [9.17, 15) is 4.79 Å². The van der Waals surface area contributed by atoms with E-state index in [1.165, 1.54) is 6.08 Å². The van der Waals surface area contributed by atoms with Crippen LogP contribution in [0.1, 0.15) is 13.8 Å². The number of aliphatic hydroxyl groups excluding tert-OH is 1. The first-order valence-corrected chi connectivity index (χ1v) is 3.16. The third-order valence-electron chi connectivity index (χ3n) is 1.74. The lowest BCUT2D eigenvalue weighted by atomic mass is 9.88. The van der Waals surface area contributed by atoms with Gasteiger partial charge in [0.25, 0.3) is 0 Å². The molecule has 0 saturated carbocycles. The highest BCUT2D eigenvalue weighted by Crippen LogP contribution is 2.33. The number of hydrogen-bond acceptors (Lipinski definition) is 2. The molecule has 0 radical (unpaired) electrons. The van der Waals surface area contributed by atoms with Crippen molar-refractivity contribution in [3.63, 3.8) is 0 Å². The summed E-state index contributed by atoms with van der Waals surface area (Å²) in [6, 6.07) is 0. The largest absolute Gasteiger partial charge is 0.515 e. The number of ketones is 1. The van der Waals surface area contributed by atoms with E-state index in [2.05, 4.69) is 0 Å². The molecule has 0 aromatic rings. The van der Waals surface area contributed by atoms with Crippen molar-refractivity contribution in [1.82, 2.24) is 0 Å². The highest BCUT2D eigenvalue weighted by molar-refractivity contribution is 6.07. The van der Waals surface area contributed by atoms with Crippen molar-refractivity contribution in [3.8, 4) is 0 Å². The van der Waals surface area contributed by atoms with Gasteiger partial charge in [-0.1, -0.05) is 19.9 Å². The summed E-state index contributed by atoms with van der Waals surface area (Å²) in [5.41, 5.74) is 0.179. The first-order valence-electron chi connectivity index (χ1n) is 3.16. The van der Waals surface area contributed by atoms with Gasteiger partial charge in [0, 0.05) is 11.0 Å². The van der Waals surface area contributed by atoms with Crippen LogP contribution in [0, 0.1) is 5.41 Å². The van der Waals surface area contributed by atoms with Gasteiger partial charge in [-0.05, 0) is 6.08 Å². The molecular formula is C8H10O2. The number of carbonyl (C=O) groups excluding carboxylic acids is 1. The molecular weight excluding hydrogens is 128 g/mol. The second-order valence-corrected chi connectivity index (χ2v) is 2.96. The molecule has 2 heteroatoms. The number of carbonyl (C=O) groups is 1. The normalized spacial score (nSPS) is 26.2. The molecule has 0 spiro atoms. The monoisotopic (exact) mass is 138 g/mol. The zero-order chi connectivity index (χ0) is 7.78. The fourth-order valence-electron chi connectivity index (χ4n) is 1.01. The predicted molar refractivity (Wildman–Crippen MR) is 38.6 cm³/mol. The SMILES string of the molecule is CC1(C)C=CC(=O)C1=CO. The third kappa shape index (κ3) is 0.856. The average Bonchev–Trinajstić information content (AvgIpc) is 2.07. The van der Waals surface area contributed by atoms with Gasteiger partial charge in [-0.2, -0.15) is 0 Å². The Labute approximate surface area is 59.9 Å². The zero-order valence-corrected chi connectivity index (χ0v) is 6.09. The minimum Gasteiger partial charge on any atom is -0.515 e. The van der Waals surface area contributed by atoms with Crippen molar-refractivity contribution in [1.29, 1.82) is 0 Å². The molecule has 0 bridgehead atoms. The van der Waals surface area contributed by atoms with Gasteiger partial charge in [-0.15, -0.1) is 0 Å². The summed E-state index contributed by atoms with van der Waals surface area (Å²) in [5, 5.41) is 8.65. The fourth-order valence-corrected chi connectivity index (χ4v) is 1.01. The highest BCUT2D eigenvalue weighted by atomic mass is 16.2. The highest BCUT2D eigenvalue weighted by Gasteiger charge is 2.30. The molecule has 1 N–H and O–H groups in total. The van der Waals surface area contributed by atoms with Crippen LogP contribution in [0.2, 0.25) is 0 Å². The maximum absolute atomic E-state index is 10.9. The molecule has 0 amide bonds. The van der Waals surface area contributed by atoms with Crippen LogP contribution in [-0.4, -0.2) is 10.9 Å². The molecule has 1 aliphatic carbocycles. The number of aliphatic hydroxyl groups is 1. The van der Waals surface area contributed by atoms with E-state index >= 15 is 0 Å². The van der Waals surface area contributed by atoms with Gasteiger partial charge in [0.1, 0.15) is 0 Å². The van der Waals surface area contributed by atoms with Gasteiger partial charge in [0.15, 0.2) is 5.78 Å². The summed E-state index contributed by atoms with van der Waals surface area (Å²) in [6.07, 6.45) is 4.17. The van der Waals surface area contributed by atoms with Crippen molar-refractivity contribution in [2.45, 2.75) is 13.8 Å². The number of allylic oxidation sites excluding steroid dienone is 3. The lowest BCUT2D eigenvalue weighted by molar-refractivity contribution is -0.111. The molecule has 54 valence electrons. The Morgan fingerprint density at radius 1 is 1.60 bits per heavy atom. The standard InChI is InChI=1S/C8H10O2/c1-8(2)4-3-7(10)6(8)5-9/h3-5,9H,1-2H3. The molecule has 0 aliphatic heterocycles. The third-order valence-corrected chi connectivity index (χ3v) is 1.74. The maximum Gasteiger partial charge on any atom is 0.185 e. The lowest BCUT2D eigenvalue weighted by Gasteiger charge is -2.14. The summed E-state index contributed by atoms with van der Waals surface area (Å²) in [5.74, 6) is -0.0903. The van der Waals surface area contributed by atoms with Gasteiger partial charge < -0.3 is 5.11 Å². The number of rotatable bonds is 0. The Morgan fingerprint density at radius 2 is 2.20 bits per heavy atom. The van der Waals surface area contributed by atoms with Crippen molar-refractivity contribution in [2.24, 2.45) is 5.41 Å². The fraction of sp³-hybridized carbons (Fsp3) is 0.375. The van der Waals surface area contributed by atoms with Crippen LogP contribution in [0.5, 0.6) is 0 Å². The molecule has 0 fully saturated rings. The van der Waals surface area contributed by atoms with Crippen LogP contribution in [0.15, 0.2) is 24.0 Å². The first kappa shape index (κ1) is 7.06. The quantitative estimate of drug-likeness (QED) is 0.407. The molecule has 0 atom stereocenters. The Bertz CT molecular complexity index is 221. The zero-order valence-electron chi connectivity index (χ0n) is 6.09. The molecule has 10 heavy (non-hydrogen) atoms. The summed E-state index contributed by atoms with van der Waals surface area (Å²) in [7, 11) is 0. The van der Waals surface area contributed by atoms with Crippen LogP contribution in [0.3, 0.4) is 0 Å². The second-order valence-electron chi connectivity index (χ2n) is 2.96. The van der Waals surface area contributed by atoms with E-state index in [0.717, 1.165) is 6.26 Å². The van der Waals surface area contributed by atoms with Crippen molar-refractivity contribution in [2.75, 3.05) is 0 Å². The van der Waals surface area contributed by atoms with Gasteiger partial charge >= 0.3 is 0 Å². The minimum atomic E-state index is -0.286. The van der Waals surface area contributed by atoms with Gasteiger partial charge in [-0.3, -0.25) is 4.79 Å². The van der Waals surface area contributed by atoms with Crippen LogP contribution < -0.4 is 0 Å². The van der Waals surface area contributed by atoms with Gasteiger partial charge in [-0.25, -0.2) is 0 Å². The Kier molecular flexibility index (Phi) is 1.39. The molecule has 0 aromatic heterocycles. The molecule has 1 rings (SSSR count). The molecule has 0 aromatic carbocycles. The molecule has 1 aliphatic rings. The Hall–Kier alpha value is -1.05.